The van der Waals surface area contributed by atoms with Crippen molar-refractivity contribution in [2.24, 2.45) is 0 Å². The summed E-state index contributed by atoms with van der Waals surface area (Å²) in [7, 11) is 3.32. The highest BCUT2D eigenvalue weighted by molar-refractivity contribution is 5.94. The Morgan fingerprint density at radius 1 is 1.04 bits per heavy atom. The maximum absolute atomic E-state index is 13.0. The second kappa shape index (κ2) is 6.90. The van der Waals surface area contributed by atoms with Gasteiger partial charge in [-0.2, -0.15) is 0 Å². The minimum atomic E-state index is 0.118. The molecule has 0 spiro atoms. The summed E-state index contributed by atoms with van der Waals surface area (Å²) in [6.07, 6.45) is 1.89. The van der Waals surface area contributed by atoms with E-state index in [0.29, 0.717) is 5.92 Å². The quantitative estimate of drug-likeness (QED) is 0.846. The van der Waals surface area contributed by atoms with Crippen molar-refractivity contribution in [2.75, 3.05) is 38.8 Å². The minimum absolute atomic E-state index is 0.118. The maximum atomic E-state index is 13.0. The normalized spacial score (nSPS) is 18.8. The first-order valence-electron chi connectivity index (χ1n) is 9.07. The molecule has 2 aliphatic heterocycles. The van der Waals surface area contributed by atoms with Gasteiger partial charge in [0, 0.05) is 37.3 Å². The van der Waals surface area contributed by atoms with Gasteiger partial charge in [0.25, 0.3) is 0 Å². The fourth-order valence-corrected chi connectivity index (χ4v) is 3.98. The Hall–Kier alpha value is -2.69. The molecule has 5 nitrogen and oxygen atoms in total. The molecular weight excluding hydrogens is 328 g/mol. The van der Waals surface area contributed by atoms with Gasteiger partial charge < -0.3 is 14.4 Å². The number of fused-ring (bicyclic) bond motifs is 1. The van der Waals surface area contributed by atoms with Crippen molar-refractivity contribution in [2.45, 2.75) is 18.8 Å². The Labute approximate surface area is 154 Å². The lowest BCUT2D eigenvalue weighted by molar-refractivity contribution is 0.215. The van der Waals surface area contributed by atoms with E-state index in [1.165, 1.54) is 11.1 Å². The molecule has 2 aliphatic rings. The Morgan fingerprint density at radius 2 is 1.77 bits per heavy atom. The summed E-state index contributed by atoms with van der Waals surface area (Å²) in [5, 5.41) is 0. The first-order chi connectivity index (χ1) is 12.7. The van der Waals surface area contributed by atoms with Gasteiger partial charge in [0.05, 0.1) is 14.2 Å². The van der Waals surface area contributed by atoms with Gasteiger partial charge in [0.15, 0.2) is 0 Å². The number of likely N-dealkylation sites (tertiary alicyclic amines) is 1. The zero-order valence-electron chi connectivity index (χ0n) is 15.3. The molecule has 4 rings (SSSR count). The van der Waals surface area contributed by atoms with Crippen molar-refractivity contribution in [3.05, 3.63) is 53.6 Å². The molecule has 26 heavy (non-hydrogen) atoms. The van der Waals surface area contributed by atoms with E-state index in [1.807, 2.05) is 46.2 Å². The van der Waals surface area contributed by atoms with Crippen molar-refractivity contribution >= 4 is 11.7 Å². The SMILES string of the molecule is COc1cc(OC)cc([C@H]2CCN(C(=O)N3CCc4ccccc43)C2)c1. The zero-order chi connectivity index (χ0) is 18.1. The van der Waals surface area contributed by atoms with E-state index in [-0.39, 0.29) is 6.03 Å². The fraction of sp³-hybridized carbons (Fsp3) is 0.381. The Balaban J connectivity index is 1.50. The smallest absolute Gasteiger partial charge is 0.324 e. The van der Waals surface area contributed by atoms with Gasteiger partial charge >= 0.3 is 6.03 Å². The molecule has 0 N–H and O–H groups in total. The van der Waals surface area contributed by atoms with Crippen LogP contribution in [0.1, 0.15) is 23.5 Å². The van der Waals surface area contributed by atoms with Crippen LogP contribution in [-0.4, -0.2) is 44.8 Å². The summed E-state index contributed by atoms with van der Waals surface area (Å²) in [5.41, 5.74) is 3.48. The topological polar surface area (TPSA) is 42.0 Å². The first-order valence-corrected chi connectivity index (χ1v) is 9.07. The summed E-state index contributed by atoms with van der Waals surface area (Å²) in [4.78, 5) is 16.9. The van der Waals surface area contributed by atoms with Crippen LogP contribution in [0.2, 0.25) is 0 Å². The summed E-state index contributed by atoms with van der Waals surface area (Å²) < 4.78 is 10.8. The number of hydrogen-bond acceptors (Lipinski definition) is 3. The van der Waals surface area contributed by atoms with Crippen molar-refractivity contribution in [1.29, 1.82) is 0 Å². The largest absolute Gasteiger partial charge is 0.497 e. The molecule has 0 aromatic heterocycles. The number of hydrogen-bond donors (Lipinski definition) is 0. The van der Waals surface area contributed by atoms with Crippen LogP contribution in [0.5, 0.6) is 11.5 Å². The molecule has 2 amide bonds. The number of carbonyl (C=O) groups is 1. The first kappa shape index (κ1) is 16.8. The number of benzene rings is 2. The zero-order valence-corrected chi connectivity index (χ0v) is 15.3. The molecule has 2 heterocycles. The van der Waals surface area contributed by atoms with E-state index in [4.69, 9.17) is 9.47 Å². The van der Waals surface area contributed by atoms with Gasteiger partial charge in [0.2, 0.25) is 0 Å². The Morgan fingerprint density at radius 3 is 2.50 bits per heavy atom. The molecule has 5 heteroatoms. The number of methoxy groups -OCH3 is 2. The number of urea groups is 1. The van der Waals surface area contributed by atoms with E-state index >= 15 is 0 Å². The summed E-state index contributed by atoms with van der Waals surface area (Å²) in [6.45, 7) is 2.28. The maximum Gasteiger partial charge on any atom is 0.324 e. The van der Waals surface area contributed by atoms with Crippen LogP contribution in [0.3, 0.4) is 0 Å². The predicted octanol–water partition coefficient (Wildman–Crippen LogP) is 3.68. The molecule has 1 fully saturated rings. The molecule has 0 aliphatic carbocycles. The second-order valence-corrected chi connectivity index (χ2v) is 6.89. The molecule has 0 saturated carbocycles. The van der Waals surface area contributed by atoms with E-state index in [1.54, 1.807) is 14.2 Å². The van der Waals surface area contributed by atoms with Crippen LogP contribution < -0.4 is 14.4 Å². The number of para-hydroxylation sites is 1. The molecule has 2 aromatic carbocycles. The average Bonchev–Trinajstić information content (AvgIpc) is 3.34. The van der Waals surface area contributed by atoms with Gasteiger partial charge in [0.1, 0.15) is 11.5 Å². The lowest BCUT2D eigenvalue weighted by Gasteiger charge is -2.25. The van der Waals surface area contributed by atoms with Crippen LogP contribution >= 0.6 is 0 Å². The highest BCUT2D eigenvalue weighted by Crippen LogP contribution is 2.35. The van der Waals surface area contributed by atoms with Crippen LogP contribution in [0.4, 0.5) is 10.5 Å². The predicted molar refractivity (Wildman–Crippen MR) is 101 cm³/mol. The van der Waals surface area contributed by atoms with Crippen molar-refractivity contribution in [3.8, 4) is 11.5 Å². The summed E-state index contributed by atoms with van der Waals surface area (Å²) >= 11 is 0. The summed E-state index contributed by atoms with van der Waals surface area (Å²) in [6, 6.07) is 14.3. The second-order valence-electron chi connectivity index (χ2n) is 6.89. The molecule has 1 saturated heterocycles. The van der Waals surface area contributed by atoms with E-state index < -0.39 is 0 Å². The number of amides is 2. The number of ether oxygens (including phenoxy) is 2. The number of nitrogens with zero attached hydrogens (tertiary/aromatic N) is 2. The van der Waals surface area contributed by atoms with Crippen molar-refractivity contribution in [3.63, 3.8) is 0 Å². The van der Waals surface area contributed by atoms with Crippen molar-refractivity contribution in [1.82, 2.24) is 4.90 Å². The number of rotatable bonds is 3. The van der Waals surface area contributed by atoms with Crippen LogP contribution in [0.25, 0.3) is 0 Å². The van der Waals surface area contributed by atoms with Crippen molar-refractivity contribution < 1.29 is 14.3 Å². The molecule has 0 bridgehead atoms. The third-order valence-electron chi connectivity index (χ3n) is 5.42. The van der Waals surface area contributed by atoms with Gasteiger partial charge in [-0.15, -0.1) is 0 Å². The van der Waals surface area contributed by atoms with Gasteiger partial charge in [-0.05, 0) is 42.2 Å². The van der Waals surface area contributed by atoms with Gasteiger partial charge in [-0.25, -0.2) is 4.79 Å². The molecule has 0 unspecified atom stereocenters. The minimum Gasteiger partial charge on any atom is -0.497 e. The van der Waals surface area contributed by atoms with E-state index in [0.717, 1.165) is 49.7 Å². The van der Waals surface area contributed by atoms with Gasteiger partial charge in [-0.1, -0.05) is 18.2 Å². The third-order valence-corrected chi connectivity index (χ3v) is 5.42. The standard InChI is InChI=1S/C21H24N2O3/c1-25-18-11-17(12-19(13-18)26-2)16-7-9-22(14-16)21(24)23-10-8-15-5-3-4-6-20(15)23/h3-6,11-13,16H,7-10,14H2,1-2H3/t16-/m0/s1. The highest BCUT2D eigenvalue weighted by Gasteiger charge is 2.33. The van der Waals surface area contributed by atoms with Crippen LogP contribution in [-0.2, 0) is 6.42 Å². The number of anilines is 1. The lowest BCUT2D eigenvalue weighted by atomic mass is 9.98. The monoisotopic (exact) mass is 352 g/mol. The third kappa shape index (κ3) is 2.98. The average molecular weight is 352 g/mol. The Bertz CT molecular complexity index is 798. The molecule has 2 aromatic rings. The number of carbonyl (C=O) groups excluding carboxylic acids is 1. The molecule has 136 valence electrons. The fourth-order valence-electron chi connectivity index (χ4n) is 3.98. The molecule has 1 atom stereocenters. The van der Waals surface area contributed by atoms with Crippen LogP contribution in [0, 0.1) is 0 Å². The lowest BCUT2D eigenvalue weighted by Crippen LogP contribution is -2.41. The van der Waals surface area contributed by atoms with Gasteiger partial charge in [-0.3, -0.25) is 4.90 Å². The van der Waals surface area contributed by atoms with Crippen LogP contribution in [0.15, 0.2) is 42.5 Å². The van der Waals surface area contributed by atoms with E-state index in [2.05, 4.69) is 6.07 Å². The highest BCUT2D eigenvalue weighted by atomic mass is 16.5. The van der Waals surface area contributed by atoms with E-state index in [9.17, 15) is 4.79 Å². The Kier molecular flexibility index (Phi) is 4.45. The summed E-state index contributed by atoms with van der Waals surface area (Å²) in [5.74, 6) is 1.89. The molecular formula is C21H24N2O3. The molecule has 0 radical (unpaired) electrons.